The Hall–Kier alpha value is -1.32. The van der Waals surface area contributed by atoms with Gasteiger partial charge in [0.15, 0.2) is 0 Å². The van der Waals surface area contributed by atoms with Crippen LogP contribution in [0.5, 0.6) is 0 Å². The summed E-state index contributed by atoms with van der Waals surface area (Å²) in [5.74, 6) is -0.0134. The number of carbonyl (C=O) groups excluding carboxylic acids is 1. The molecule has 4 heteroatoms. The Kier molecular flexibility index (Phi) is 4.84. The maximum absolute atomic E-state index is 12.5. The highest BCUT2D eigenvalue weighted by atomic mass is 79.9. The van der Waals surface area contributed by atoms with E-state index in [1.54, 1.807) is 11.9 Å². The SMILES string of the molecule is Cc1ccc(Br)c(C(=O)N(C)Cc2cccc(Cl)c2)c1. The largest absolute Gasteiger partial charge is 0.337 e. The smallest absolute Gasteiger partial charge is 0.255 e. The molecule has 0 heterocycles. The zero-order valence-corrected chi connectivity index (χ0v) is 13.7. The standard InChI is InChI=1S/C16H15BrClNO/c1-11-6-7-15(17)14(8-11)16(20)19(2)10-12-4-3-5-13(18)9-12/h3-9H,10H2,1-2H3. The summed E-state index contributed by atoms with van der Waals surface area (Å²) in [6, 6.07) is 13.3. The van der Waals surface area contributed by atoms with E-state index in [1.165, 1.54) is 0 Å². The quantitative estimate of drug-likeness (QED) is 0.785. The lowest BCUT2D eigenvalue weighted by Crippen LogP contribution is -2.26. The van der Waals surface area contributed by atoms with Crippen molar-refractivity contribution in [1.82, 2.24) is 4.90 Å². The first-order valence-electron chi connectivity index (χ1n) is 6.23. The van der Waals surface area contributed by atoms with Gasteiger partial charge >= 0.3 is 0 Å². The fourth-order valence-electron chi connectivity index (χ4n) is 1.99. The number of aryl methyl sites for hydroxylation is 1. The minimum atomic E-state index is -0.0134. The maximum Gasteiger partial charge on any atom is 0.255 e. The molecule has 0 saturated heterocycles. The average Bonchev–Trinajstić information content (AvgIpc) is 2.40. The second kappa shape index (κ2) is 6.42. The zero-order valence-electron chi connectivity index (χ0n) is 11.4. The van der Waals surface area contributed by atoms with Crippen molar-refractivity contribution in [2.24, 2.45) is 0 Å². The molecule has 0 saturated carbocycles. The van der Waals surface area contributed by atoms with Gasteiger partial charge in [0.05, 0.1) is 5.56 Å². The fraction of sp³-hybridized carbons (Fsp3) is 0.188. The molecule has 1 amide bonds. The summed E-state index contributed by atoms with van der Waals surface area (Å²) in [6.07, 6.45) is 0. The molecule has 0 spiro atoms. The molecule has 0 bridgehead atoms. The molecule has 20 heavy (non-hydrogen) atoms. The minimum absolute atomic E-state index is 0.0134. The van der Waals surface area contributed by atoms with Crippen molar-refractivity contribution in [3.63, 3.8) is 0 Å². The summed E-state index contributed by atoms with van der Waals surface area (Å²) in [7, 11) is 1.79. The van der Waals surface area contributed by atoms with Gasteiger partial charge in [0.1, 0.15) is 0 Å². The van der Waals surface area contributed by atoms with E-state index in [-0.39, 0.29) is 5.91 Å². The van der Waals surface area contributed by atoms with E-state index in [1.807, 2.05) is 49.4 Å². The molecule has 0 N–H and O–H groups in total. The van der Waals surface area contributed by atoms with E-state index in [0.29, 0.717) is 17.1 Å². The van der Waals surface area contributed by atoms with E-state index in [2.05, 4.69) is 15.9 Å². The molecular formula is C16H15BrClNO. The Morgan fingerprint density at radius 2 is 2.00 bits per heavy atom. The van der Waals surface area contributed by atoms with Crippen LogP contribution in [0.2, 0.25) is 5.02 Å². The van der Waals surface area contributed by atoms with Crippen LogP contribution in [0, 0.1) is 6.92 Å². The summed E-state index contributed by atoms with van der Waals surface area (Å²) >= 11 is 9.39. The van der Waals surface area contributed by atoms with Crippen molar-refractivity contribution >= 4 is 33.4 Å². The summed E-state index contributed by atoms with van der Waals surface area (Å²) in [4.78, 5) is 14.2. The number of benzene rings is 2. The molecule has 0 unspecified atom stereocenters. The number of hydrogen-bond acceptors (Lipinski definition) is 1. The monoisotopic (exact) mass is 351 g/mol. The lowest BCUT2D eigenvalue weighted by atomic mass is 10.1. The van der Waals surface area contributed by atoms with Gasteiger partial charge in [0.25, 0.3) is 5.91 Å². The molecule has 0 aliphatic carbocycles. The molecule has 0 atom stereocenters. The third-order valence-electron chi connectivity index (χ3n) is 3.01. The second-order valence-corrected chi connectivity index (χ2v) is 6.07. The predicted molar refractivity (Wildman–Crippen MR) is 86.1 cm³/mol. The Labute approximate surface area is 132 Å². The number of amides is 1. The van der Waals surface area contributed by atoms with Gasteiger partial charge in [-0.15, -0.1) is 0 Å². The molecule has 2 aromatic rings. The van der Waals surface area contributed by atoms with Crippen molar-refractivity contribution in [2.75, 3.05) is 7.05 Å². The Morgan fingerprint density at radius 1 is 1.25 bits per heavy atom. The Balaban J connectivity index is 2.18. The summed E-state index contributed by atoms with van der Waals surface area (Å²) in [5.41, 5.74) is 2.75. The summed E-state index contributed by atoms with van der Waals surface area (Å²) in [6.45, 7) is 2.50. The van der Waals surface area contributed by atoms with Gasteiger partial charge in [-0.3, -0.25) is 4.79 Å². The topological polar surface area (TPSA) is 20.3 Å². The van der Waals surface area contributed by atoms with Gasteiger partial charge in [0.2, 0.25) is 0 Å². The van der Waals surface area contributed by atoms with Crippen molar-refractivity contribution in [3.8, 4) is 0 Å². The van der Waals surface area contributed by atoms with Gasteiger partial charge in [-0.1, -0.05) is 35.4 Å². The highest BCUT2D eigenvalue weighted by Gasteiger charge is 2.15. The van der Waals surface area contributed by atoms with Crippen LogP contribution < -0.4 is 0 Å². The van der Waals surface area contributed by atoms with Crippen molar-refractivity contribution in [1.29, 1.82) is 0 Å². The van der Waals surface area contributed by atoms with E-state index in [4.69, 9.17) is 11.6 Å². The van der Waals surface area contributed by atoms with Gasteiger partial charge in [-0.05, 0) is 52.7 Å². The predicted octanol–water partition coefficient (Wildman–Crippen LogP) is 4.68. The van der Waals surface area contributed by atoms with Crippen LogP contribution in [0.25, 0.3) is 0 Å². The molecule has 104 valence electrons. The van der Waals surface area contributed by atoms with E-state index in [9.17, 15) is 4.79 Å². The zero-order chi connectivity index (χ0) is 14.7. The third-order valence-corrected chi connectivity index (χ3v) is 3.93. The van der Waals surface area contributed by atoms with E-state index < -0.39 is 0 Å². The second-order valence-electron chi connectivity index (χ2n) is 4.77. The molecule has 0 aliphatic rings. The number of hydrogen-bond donors (Lipinski definition) is 0. The number of carbonyl (C=O) groups is 1. The first-order valence-corrected chi connectivity index (χ1v) is 7.40. The Bertz CT molecular complexity index is 642. The lowest BCUT2D eigenvalue weighted by Gasteiger charge is -2.18. The van der Waals surface area contributed by atoms with Crippen LogP contribution >= 0.6 is 27.5 Å². The number of rotatable bonds is 3. The molecule has 0 radical (unpaired) electrons. The Morgan fingerprint density at radius 3 is 2.70 bits per heavy atom. The molecule has 2 aromatic carbocycles. The molecule has 2 nitrogen and oxygen atoms in total. The van der Waals surface area contributed by atoms with Crippen LogP contribution in [-0.4, -0.2) is 17.9 Å². The number of nitrogens with zero attached hydrogens (tertiary/aromatic N) is 1. The molecular weight excluding hydrogens is 338 g/mol. The van der Waals surface area contributed by atoms with Crippen molar-refractivity contribution < 1.29 is 4.79 Å². The van der Waals surface area contributed by atoms with Crippen LogP contribution in [0.3, 0.4) is 0 Å². The molecule has 2 rings (SSSR count). The van der Waals surface area contributed by atoms with Crippen LogP contribution in [0.4, 0.5) is 0 Å². The molecule has 0 aromatic heterocycles. The third kappa shape index (κ3) is 3.62. The van der Waals surface area contributed by atoms with Gasteiger partial charge in [0, 0.05) is 23.1 Å². The maximum atomic E-state index is 12.5. The summed E-state index contributed by atoms with van der Waals surface area (Å²) in [5, 5.41) is 0.681. The van der Waals surface area contributed by atoms with Gasteiger partial charge in [-0.25, -0.2) is 0 Å². The summed E-state index contributed by atoms with van der Waals surface area (Å²) < 4.78 is 0.811. The van der Waals surface area contributed by atoms with E-state index in [0.717, 1.165) is 15.6 Å². The van der Waals surface area contributed by atoms with Crippen molar-refractivity contribution in [3.05, 3.63) is 68.7 Å². The minimum Gasteiger partial charge on any atom is -0.337 e. The fourth-order valence-corrected chi connectivity index (χ4v) is 2.62. The molecule has 0 aliphatic heterocycles. The van der Waals surface area contributed by atoms with Crippen LogP contribution in [0.1, 0.15) is 21.5 Å². The lowest BCUT2D eigenvalue weighted by molar-refractivity contribution is 0.0784. The van der Waals surface area contributed by atoms with Gasteiger partial charge in [-0.2, -0.15) is 0 Å². The van der Waals surface area contributed by atoms with Crippen molar-refractivity contribution in [2.45, 2.75) is 13.5 Å². The average molecular weight is 353 g/mol. The normalized spacial score (nSPS) is 10.4. The van der Waals surface area contributed by atoms with E-state index >= 15 is 0 Å². The highest BCUT2D eigenvalue weighted by Crippen LogP contribution is 2.20. The first kappa shape index (κ1) is 15.1. The number of halogens is 2. The first-order chi connectivity index (χ1) is 9.47. The van der Waals surface area contributed by atoms with Crippen LogP contribution in [-0.2, 0) is 6.54 Å². The van der Waals surface area contributed by atoms with Crippen LogP contribution in [0.15, 0.2) is 46.9 Å². The molecule has 0 fully saturated rings. The van der Waals surface area contributed by atoms with Gasteiger partial charge < -0.3 is 4.90 Å². The highest BCUT2D eigenvalue weighted by molar-refractivity contribution is 9.10.